The second-order valence-electron chi connectivity index (χ2n) is 10.1. The van der Waals surface area contributed by atoms with Crippen molar-refractivity contribution in [1.82, 2.24) is 24.6 Å². The fourth-order valence-corrected chi connectivity index (χ4v) is 7.05. The maximum absolute atomic E-state index is 10.4. The lowest BCUT2D eigenvalue weighted by molar-refractivity contribution is 0.177. The number of ether oxygens (including phenoxy) is 1. The number of fused-ring (bicyclic) bond motifs is 3. The van der Waals surface area contributed by atoms with Gasteiger partial charge in [-0.15, -0.1) is 11.3 Å². The summed E-state index contributed by atoms with van der Waals surface area (Å²) in [7, 11) is 6.33. The Kier molecular flexibility index (Phi) is 6.03. The molecule has 188 valence electrons. The molecular formula is C27H30ClN5O2S. The number of halogens is 1. The van der Waals surface area contributed by atoms with E-state index in [1.807, 2.05) is 36.9 Å². The highest BCUT2D eigenvalue weighted by molar-refractivity contribution is 7.19. The summed E-state index contributed by atoms with van der Waals surface area (Å²) in [4.78, 5) is 12.3. The molecule has 0 radical (unpaired) electrons. The summed E-state index contributed by atoms with van der Waals surface area (Å²) in [5.74, 6) is 0.824. The highest BCUT2D eigenvalue weighted by Gasteiger charge is 2.36. The van der Waals surface area contributed by atoms with Crippen molar-refractivity contribution in [3.63, 3.8) is 0 Å². The number of hydrogen-bond acceptors (Lipinski definition) is 7. The Morgan fingerprint density at radius 1 is 1.25 bits per heavy atom. The third-order valence-corrected chi connectivity index (χ3v) is 9.01. The van der Waals surface area contributed by atoms with Crippen LogP contribution in [0.15, 0.2) is 24.5 Å². The Balaban J connectivity index is 1.42. The largest absolute Gasteiger partial charge is 0.483 e. The third-order valence-electron chi connectivity index (χ3n) is 7.56. The number of aromatic nitrogens is 4. The van der Waals surface area contributed by atoms with E-state index in [9.17, 15) is 5.11 Å². The van der Waals surface area contributed by atoms with Crippen molar-refractivity contribution in [3.8, 4) is 17.0 Å². The Bertz CT molecular complexity index is 1460. The molecule has 0 bridgehead atoms. The zero-order chi connectivity index (χ0) is 25.1. The number of hydrogen-bond donors (Lipinski definition) is 1. The van der Waals surface area contributed by atoms with Gasteiger partial charge in [-0.3, -0.25) is 4.68 Å². The van der Waals surface area contributed by atoms with E-state index in [1.165, 1.54) is 22.6 Å². The molecule has 1 N–H and O–H groups in total. The number of benzene rings is 1. The van der Waals surface area contributed by atoms with Gasteiger partial charge in [0.2, 0.25) is 0 Å². The van der Waals surface area contributed by atoms with Gasteiger partial charge in [0.05, 0.1) is 33.4 Å². The summed E-state index contributed by atoms with van der Waals surface area (Å²) in [5.41, 5.74) is 7.25. The van der Waals surface area contributed by atoms with Crippen molar-refractivity contribution in [2.75, 3.05) is 14.1 Å². The number of aliphatic hydroxyl groups is 1. The molecule has 4 aromatic rings. The van der Waals surface area contributed by atoms with Gasteiger partial charge >= 0.3 is 0 Å². The summed E-state index contributed by atoms with van der Waals surface area (Å²) < 4.78 is 9.67. The number of rotatable bonds is 5. The van der Waals surface area contributed by atoms with Crippen LogP contribution in [-0.2, 0) is 26.3 Å². The molecule has 6 rings (SSSR count). The lowest BCUT2D eigenvalue weighted by Gasteiger charge is -2.28. The van der Waals surface area contributed by atoms with E-state index < -0.39 is 6.10 Å². The molecule has 3 aromatic heterocycles. The molecule has 0 fully saturated rings. The van der Waals surface area contributed by atoms with Crippen molar-refractivity contribution in [1.29, 1.82) is 0 Å². The lowest BCUT2D eigenvalue weighted by Crippen LogP contribution is -2.33. The number of aryl methyl sites for hydroxylation is 2. The minimum absolute atomic E-state index is 0.127. The molecule has 0 amide bonds. The second-order valence-corrected chi connectivity index (χ2v) is 11.6. The average molecular weight is 524 g/mol. The molecule has 4 heterocycles. The van der Waals surface area contributed by atoms with Gasteiger partial charge in [0.15, 0.2) is 0 Å². The van der Waals surface area contributed by atoms with Gasteiger partial charge in [0, 0.05) is 46.1 Å². The number of likely N-dealkylation sites (N-methyl/N-ethyl adjacent to an activating group) is 1. The number of thiophene rings is 1. The normalized spacial score (nSPS) is 20.0. The van der Waals surface area contributed by atoms with E-state index in [4.69, 9.17) is 21.4 Å². The molecule has 1 aliphatic heterocycles. The average Bonchev–Trinajstić information content (AvgIpc) is 3.56. The molecule has 0 saturated heterocycles. The van der Waals surface area contributed by atoms with Gasteiger partial charge in [0.25, 0.3) is 0 Å². The van der Waals surface area contributed by atoms with Crippen LogP contribution in [0, 0.1) is 0 Å². The van der Waals surface area contributed by atoms with Crippen molar-refractivity contribution in [2.45, 2.75) is 57.3 Å². The van der Waals surface area contributed by atoms with Crippen LogP contribution in [0.25, 0.3) is 21.5 Å². The topological polar surface area (TPSA) is 76.3 Å². The monoisotopic (exact) mass is 523 g/mol. The molecule has 3 atom stereocenters. The summed E-state index contributed by atoms with van der Waals surface area (Å²) in [6.07, 6.45) is 5.43. The molecule has 1 aromatic carbocycles. The predicted molar refractivity (Wildman–Crippen MR) is 143 cm³/mol. The maximum atomic E-state index is 10.4. The fourth-order valence-electron chi connectivity index (χ4n) is 5.63. The standard InChI is InChI=1S/C27H30ClN5O2S/c1-5-21(34)23-12-20-27(36-23)24(30-13-29-20)18-10-15(28)8-14-9-22(35-26(14)18)25-17-11-16(32(2)3)6-7-19(17)31-33(25)4/h8,10,12-13,16,21-22,34H,5-7,9,11H2,1-4H3. The molecular weight excluding hydrogens is 494 g/mol. The molecule has 2 aliphatic rings. The molecule has 1 aliphatic carbocycles. The molecule has 0 spiro atoms. The van der Waals surface area contributed by atoms with Crippen LogP contribution in [0.4, 0.5) is 0 Å². The van der Waals surface area contributed by atoms with Crippen LogP contribution >= 0.6 is 22.9 Å². The minimum Gasteiger partial charge on any atom is -0.483 e. The highest BCUT2D eigenvalue weighted by Crippen LogP contribution is 2.48. The maximum Gasteiger partial charge on any atom is 0.145 e. The second kappa shape index (κ2) is 9.10. The van der Waals surface area contributed by atoms with Gasteiger partial charge < -0.3 is 14.7 Å². The first-order valence-corrected chi connectivity index (χ1v) is 13.7. The van der Waals surface area contributed by atoms with E-state index in [-0.39, 0.29) is 6.10 Å². The molecule has 36 heavy (non-hydrogen) atoms. The molecule has 0 saturated carbocycles. The van der Waals surface area contributed by atoms with Gasteiger partial charge in [-0.05, 0) is 58.0 Å². The van der Waals surface area contributed by atoms with Gasteiger partial charge in [-0.25, -0.2) is 9.97 Å². The van der Waals surface area contributed by atoms with E-state index in [0.29, 0.717) is 17.5 Å². The highest BCUT2D eigenvalue weighted by atomic mass is 35.5. The SMILES string of the molecule is CCC(O)c1cc2ncnc(-c3cc(Cl)cc4c3OC(c3c5c(nn3C)CCC(N(C)C)C5)C4)c2s1. The van der Waals surface area contributed by atoms with Crippen molar-refractivity contribution in [3.05, 3.63) is 56.9 Å². The molecule has 9 heteroatoms. The van der Waals surface area contributed by atoms with Crippen LogP contribution in [0.3, 0.4) is 0 Å². The van der Waals surface area contributed by atoms with E-state index >= 15 is 0 Å². The van der Waals surface area contributed by atoms with Crippen molar-refractivity contribution < 1.29 is 9.84 Å². The molecule has 7 nitrogen and oxygen atoms in total. The molecule has 3 unspecified atom stereocenters. The van der Waals surface area contributed by atoms with Crippen molar-refractivity contribution in [2.24, 2.45) is 7.05 Å². The fraction of sp³-hybridized carbons (Fsp3) is 0.444. The number of aliphatic hydroxyl groups excluding tert-OH is 1. The third kappa shape index (κ3) is 3.91. The Labute approximate surface area is 219 Å². The summed E-state index contributed by atoms with van der Waals surface area (Å²) in [6, 6.07) is 6.40. The van der Waals surface area contributed by atoms with Crippen molar-refractivity contribution >= 4 is 33.2 Å². The Morgan fingerprint density at radius 2 is 2.08 bits per heavy atom. The quantitative estimate of drug-likeness (QED) is 0.383. The summed E-state index contributed by atoms with van der Waals surface area (Å²) in [5, 5.41) is 15.9. The van der Waals surface area contributed by atoms with E-state index in [0.717, 1.165) is 69.0 Å². The first kappa shape index (κ1) is 23.9. The first-order chi connectivity index (χ1) is 17.3. The van der Waals surface area contributed by atoms with Gasteiger partial charge in [0.1, 0.15) is 18.2 Å². The Morgan fingerprint density at radius 3 is 2.86 bits per heavy atom. The minimum atomic E-state index is -0.509. The zero-order valence-electron chi connectivity index (χ0n) is 21.0. The lowest BCUT2D eigenvalue weighted by atomic mass is 9.89. The van der Waals surface area contributed by atoms with Gasteiger partial charge in [-0.1, -0.05) is 18.5 Å². The van der Waals surface area contributed by atoms with Crippen LogP contribution < -0.4 is 4.74 Å². The smallest absolute Gasteiger partial charge is 0.145 e. The zero-order valence-corrected chi connectivity index (χ0v) is 22.5. The van der Waals surface area contributed by atoms with Crippen LogP contribution in [-0.4, -0.2) is 49.9 Å². The van der Waals surface area contributed by atoms with E-state index in [1.54, 1.807) is 6.33 Å². The van der Waals surface area contributed by atoms with Crippen LogP contribution in [0.2, 0.25) is 5.02 Å². The van der Waals surface area contributed by atoms with E-state index in [2.05, 4.69) is 29.0 Å². The first-order valence-electron chi connectivity index (χ1n) is 12.5. The summed E-state index contributed by atoms with van der Waals surface area (Å²) >= 11 is 8.16. The van der Waals surface area contributed by atoms with Crippen LogP contribution in [0.5, 0.6) is 5.75 Å². The van der Waals surface area contributed by atoms with Crippen LogP contribution in [0.1, 0.15) is 59.4 Å². The van der Waals surface area contributed by atoms with Gasteiger partial charge in [-0.2, -0.15) is 5.10 Å². The summed E-state index contributed by atoms with van der Waals surface area (Å²) in [6.45, 7) is 1.97. The number of nitrogens with zero attached hydrogens (tertiary/aromatic N) is 5. The Hall–Kier alpha value is -2.52. The predicted octanol–water partition coefficient (Wildman–Crippen LogP) is 5.28.